The van der Waals surface area contributed by atoms with Crippen LogP contribution in [0.5, 0.6) is 0 Å². The molecule has 0 spiro atoms. The number of hydrogen-bond donors (Lipinski definition) is 2. The molecule has 8 heteroatoms. The van der Waals surface area contributed by atoms with Crippen molar-refractivity contribution in [1.82, 2.24) is 9.80 Å². The maximum absolute atomic E-state index is 12.9. The van der Waals surface area contributed by atoms with Crippen molar-refractivity contribution in [3.63, 3.8) is 0 Å². The zero-order valence-corrected chi connectivity index (χ0v) is 17.1. The van der Waals surface area contributed by atoms with E-state index >= 15 is 0 Å². The van der Waals surface area contributed by atoms with E-state index in [1.165, 1.54) is 16.0 Å². The first-order valence-corrected chi connectivity index (χ1v) is 10.4. The molecule has 1 aliphatic rings. The Morgan fingerprint density at radius 1 is 0.828 bits per heavy atom. The second kappa shape index (κ2) is 11.5. The number of nitrogens with zero attached hydrogens (tertiary/aromatic N) is 2. The van der Waals surface area contributed by atoms with Crippen LogP contribution < -0.4 is 0 Å². The molecule has 1 aliphatic heterocycles. The van der Waals surface area contributed by atoms with Crippen LogP contribution in [0.3, 0.4) is 0 Å². The molecule has 0 unspecified atom stereocenters. The number of carbonyl (C=O) groups is 2. The van der Waals surface area contributed by atoms with Gasteiger partial charge in [0.15, 0.2) is 0 Å². The number of carboxylic acid groups (broad SMARTS) is 2. The van der Waals surface area contributed by atoms with Gasteiger partial charge in [0, 0.05) is 44.2 Å². The normalized spacial score (nSPS) is 14.7. The van der Waals surface area contributed by atoms with Crippen molar-refractivity contribution in [2.24, 2.45) is 0 Å². The predicted molar refractivity (Wildman–Crippen MR) is 110 cm³/mol. The zero-order valence-electron chi connectivity index (χ0n) is 16.3. The van der Waals surface area contributed by atoms with Crippen molar-refractivity contribution >= 4 is 23.7 Å². The smallest absolute Gasteiger partial charge is 0.414 e. The molecule has 29 heavy (non-hydrogen) atoms. The summed E-state index contributed by atoms with van der Waals surface area (Å²) >= 11 is 1.78. The number of hydrogen-bond acceptors (Lipinski definition) is 5. The molecule has 0 amide bonds. The van der Waals surface area contributed by atoms with E-state index in [1.54, 1.807) is 23.9 Å². The molecular weight excluding hydrogens is 395 g/mol. The predicted octanol–water partition coefficient (Wildman–Crippen LogP) is 3.02. The van der Waals surface area contributed by atoms with Crippen molar-refractivity contribution in [2.75, 3.05) is 32.4 Å². The summed E-state index contributed by atoms with van der Waals surface area (Å²) in [6.45, 7) is 6.26. The van der Waals surface area contributed by atoms with Crippen LogP contribution in [0.15, 0.2) is 53.4 Å². The Balaban J connectivity index is 0.000000438. The van der Waals surface area contributed by atoms with Gasteiger partial charge in [0.05, 0.1) is 0 Å². The number of aliphatic carboxylic acids is 2. The van der Waals surface area contributed by atoms with Crippen LogP contribution in [0.4, 0.5) is 4.39 Å². The van der Waals surface area contributed by atoms with E-state index in [0.29, 0.717) is 0 Å². The topological polar surface area (TPSA) is 81.1 Å². The summed E-state index contributed by atoms with van der Waals surface area (Å²) in [7, 11) is 0. The lowest BCUT2D eigenvalue weighted by atomic mass is 10.1. The summed E-state index contributed by atoms with van der Waals surface area (Å²) in [5.41, 5.74) is 2.57. The lowest BCUT2D eigenvalue weighted by Gasteiger charge is -2.34. The molecule has 1 fully saturated rings. The number of halogens is 1. The quantitative estimate of drug-likeness (QED) is 0.568. The van der Waals surface area contributed by atoms with Gasteiger partial charge < -0.3 is 10.2 Å². The van der Waals surface area contributed by atoms with Crippen LogP contribution in [0.2, 0.25) is 0 Å². The van der Waals surface area contributed by atoms with Crippen molar-refractivity contribution in [3.05, 3.63) is 65.5 Å². The number of benzene rings is 2. The van der Waals surface area contributed by atoms with E-state index in [-0.39, 0.29) is 5.82 Å². The van der Waals surface area contributed by atoms with E-state index in [0.717, 1.165) is 39.3 Å². The Morgan fingerprint density at radius 2 is 1.21 bits per heavy atom. The van der Waals surface area contributed by atoms with Crippen molar-refractivity contribution < 1.29 is 24.2 Å². The molecule has 156 valence electrons. The van der Waals surface area contributed by atoms with Crippen LogP contribution in [0.1, 0.15) is 11.1 Å². The summed E-state index contributed by atoms with van der Waals surface area (Å²) in [5.74, 6) is -3.81. The monoisotopic (exact) mass is 420 g/mol. The average molecular weight is 421 g/mol. The molecular formula is C21H25FN2O4S. The summed E-state index contributed by atoms with van der Waals surface area (Å²) in [5, 5.41) is 14.8. The molecule has 1 heterocycles. The zero-order chi connectivity index (χ0) is 21.2. The molecule has 0 aliphatic carbocycles. The SMILES string of the molecule is CSc1ccc(CN2CCN(Cc3ccc(F)cc3)CC2)cc1.O=C(O)C(=O)O. The highest BCUT2D eigenvalue weighted by Crippen LogP contribution is 2.17. The molecule has 0 radical (unpaired) electrons. The Kier molecular flexibility index (Phi) is 9.11. The van der Waals surface area contributed by atoms with Gasteiger partial charge in [0.1, 0.15) is 5.82 Å². The van der Waals surface area contributed by atoms with Crippen LogP contribution in [-0.4, -0.2) is 64.4 Å². The van der Waals surface area contributed by atoms with E-state index in [9.17, 15) is 4.39 Å². The second-order valence-corrected chi connectivity index (χ2v) is 7.52. The highest BCUT2D eigenvalue weighted by molar-refractivity contribution is 7.98. The molecule has 2 aromatic carbocycles. The molecule has 0 bridgehead atoms. The highest BCUT2D eigenvalue weighted by Gasteiger charge is 2.17. The fourth-order valence-electron chi connectivity index (χ4n) is 2.94. The maximum atomic E-state index is 12.9. The minimum Gasteiger partial charge on any atom is -0.473 e. The molecule has 3 rings (SSSR count). The molecule has 0 atom stereocenters. The van der Waals surface area contributed by atoms with Crippen molar-refractivity contribution in [3.8, 4) is 0 Å². The first-order chi connectivity index (χ1) is 13.9. The molecule has 0 saturated carbocycles. The second-order valence-electron chi connectivity index (χ2n) is 6.64. The standard InChI is InChI=1S/C19H23FN2S.C2H2O4/c1-23-19-8-4-17(5-9-19)15-22-12-10-21(11-13-22)14-16-2-6-18(20)7-3-16;3-1(4)2(5)6/h2-9H,10-15H2,1H3;(H,3,4)(H,5,6). The third-order valence-corrected chi connectivity index (χ3v) is 5.28. The highest BCUT2D eigenvalue weighted by atomic mass is 32.2. The van der Waals surface area contributed by atoms with Gasteiger partial charge in [-0.2, -0.15) is 0 Å². The van der Waals surface area contributed by atoms with Gasteiger partial charge in [0.25, 0.3) is 0 Å². The number of rotatable bonds is 5. The largest absolute Gasteiger partial charge is 0.473 e. The number of piperazine rings is 1. The van der Waals surface area contributed by atoms with E-state index in [4.69, 9.17) is 19.8 Å². The van der Waals surface area contributed by atoms with Crippen LogP contribution in [-0.2, 0) is 22.7 Å². The molecule has 2 aromatic rings. The third-order valence-electron chi connectivity index (χ3n) is 4.53. The van der Waals surface area contributed by atoms with Gasteiger partial charge in [-0.15, -0.1) is 11.8 Å². The summed E-state index contributed by atoms with van der Waals surface area (Å²) in [6, 6.07) is 15.7. The Labute approximate surface area is 173 Å². The first-order valence-electron chi connectivity index (χ1n) is 9.15. The Bertz CT molecular complexity index is 779. The number of thioether (sulfide) groups is 1. The molecule has 0 aromatic heterocycles. The summed E-state index contributed by atoms with van der Waals surface area (Å²) in [4.78, 5) is 24.5. The van der Waals surface area contributed by atoms with Gasteiger partial charge in [-0.3, -0.25) is 9.80 Å². The summed E-state index contributed by atoms with van der Waals surface area (Å²) < 4.78 is 12.9. The Hall–Kier alpha value is -2.42. The lowest BCUT2D eigenvalue weighted by molar-refractivity contribution is -0.159. The fourth-order valence-corrected chi connectivity index (χ4v) is 3.35. The van der Waals surface area contributed by atoms with Crippen molar-refractivity contribution in [1.29, 1.82) is 0 Å². The minimum absolute atomic E-state index is 0.161. The average Bonchev–Trinajstić information content (AvgIpc) is 2.72. The molecule has 1 saturated heterocycles. The van der Waals surface area contributed by atoms with Gasteiger partial charge in [-0.05, 0) is 41.6 Å². The van der Waals surface area contributed by atoms with Crippen LogP contribution in [0, 0.1) is 5.82 Å². The molecule has 2 N–H and O–H groups in total. The Morgan fingerprint density at radius 3 is 1.55 bits per heavy atom. The van der Waals surface area contributed by atoms with Crippen molar-refractivity contribution in [2.45, 2.75) is 18.0 Å². The van der Waals surface area contributed by atoms with E-state index in [2.05, 4.69) is 40.3 Å². The third kappa shape index (κ3) is 8.23. The number of carboxylic acids is 2. The van der Waals surface area contributed by atoms with Gasteiger partial charge >= 0.3 is 11.9 Å². The maximum Gasteiger partial charge on any atom is 0.414 e. The van der Waals surface area contributed by atoms with Gasteiger partial charge in [-0.25, -0.2) is 14.0 Å². The molecule has 6 nitrogen and oxygen atoms in total. The first kappa shape index (κ1) is 22.9. The lowest BCUT2D eigenvalue weighted by Crippen LogP contribution is -2.45. The fraction of sp³-hybridized carbons (Fsp3) is 0.333. The summed E-state index contributed by atoms with van der Waals surface area (Å²) in [6.07, 6.45) is 2.11. The van der Waals surface area contributed by atoms with Crippen LogP contribution >= 0.6 is 11.8 Å². The van der Waals surface area contributed by atoms with Gasteiger partial charge in [-0.1, -0.05) is 24.3 Å². The van der Waals surface area contributed by atoms with E-state index < -0.39 is 11.9 Å². The van der Waals surface area contributed by atoms with Crippen LogP contribution in [0.25, 0.3) is 0 Å². The van der Waals surface area contributed by atoms with Gasteiger partial charge in [0.2, 0.25) is 0 Å². The minimum atomic E-state index is -1.82. The van der Waals surface area contributed by atoms with E-state index in [1.807, 2.05) is 12.1 Å².